The van der Waals surface area contributed by atoms with Crippen molar-refractivity contribution in [1.82, 2.24) is 34.7 Å². The van der Waals surface area contributed by atoms with E-state index in [2.05, 4.69) is 60.3 Å². The normalized spacial score (nSPS) is 16.1. The fourth-order valence-corrected chi connectivity index (χ4v) is 8.07. The van der Waals surface area contributed by atoms with Gasteiger partial charge in [-0.25, -0.2) is 4.98 Å². The molecule has 3 N–H and O–H groups in total. The fraction of sp³-hybridized carbons (Fsp3) is 0.447. The average Bonchev–Trinajstić information content (AvgIpc) is 4.14. The van der Waals surface area contributed by atoms with Gasteiger partial charge in [-0.3, -0.25) is 38.6 Å². The highest BCUT2D eigenvalue weighted by atomic mass is 16.6. The van der Waals surface area contributed by atoms with Crippen LogP contribution in [0.2, 0.25) is 0 Å². The third kappa shape index (κ3) is 12.6. The second kappa shape index (κ2) is 24.5. The first-order chi connectivity index (χ1) is 33.9. The van der Waals surface area contributed by atoms with E-state index in [1.807, 2.05) is 21.4 Å². The number of furan rings is 1. The molecule has 2 aromatic carbocycles. The predicted octanol–water partition coefficient (Wildman–Crippen LogP) is 2.26. The van der Waals surface area contributed by atoms with E-state index in [0.29, 0.717) is 129 Å². The molecule has 1 atom stereocenters. The Morgan fingerprint density at radius 3 is 2.09 bits per heavy atom. The lowest BCUT2D eigenvalue weighted by Crippen LogP contribution is -2.54. The molecule has 366 valence electrons. The van der Waals surface area contributed by atoms with Crippen LogP contribution in [0.1, 0.15) is 39.3 Å². The van der Waals surface area contributed by atoms with Crippen LogP contribution in [-0.2, 0) is 49.3 Å². The van der Waals surface area contributed by atoms with E-state index in [4.69, 9.17) is 32.8 Å². The molecule has 0 aliphatic carbocycles. The standard InChI is InChI=1S/C47H56N10O12/c58-40-11-10-39(44(60)52-40)57-45(61)36-4-1-5-38(42(36)46(57)62)48-12-18-63-19-20-64-21-22-65-23-24-66-25-26-67-27-28-68-31-41(59)55-15-13-54(14-16-55)34-8-6-33(7-9-34)37-30-50-47(56-32-51-53-43(37)56)49-29-35-3-2-17-69-35/h1-9,17,30,32,39,48H,10-16,18-29,31H2,(H,49,50)(H,52,58,60). The number of nitrogens with one attached hydrogen (secondary N) is 3. The molecule has 5 amide bonds. The summed E-state index contributed by atoms with van der Waals surface area (Å²) in [4.78, 5) is 72.6. The van der Waals surface area contributed by atoms with Crippen LogP contribution in [-0.4, -0.2) is 177 Å². The molecule has 22 heteroatoms. The zero-order valence-electron chi connectivity index (χ0n) is 38.2. The van der Waals surface area contributed by atoms with E-state index < -0.39 is 29.7 Å². The van der Waals surface area contributed by atoms with Gasteiger partial charge >= 0.3 is 0 Å². The molecule has 3 aliphatic heterocycles. The highest BCUT2D eigenvalue weighted by molar-refractivity contribution is 6.25. The maximum atomic E-state index is 13.2. The quantitative estimate of drug-likeness (QED) is 0.0505. The van der Waals surface area contributed by atoms with Crippen molar-refractivity contribution in [2.45, 2.75) is 25.4 Å². The molecule has 2 saturated heterocycles. The third-order valence-corrected chi connectivity index (χ3v) is 11.6. The van der Waals surface area contributed by atoms with Gasteiger partial charge in [-0.05, 0) is 48.4 Å². The minimum absolute atomic E-state index is 0.00470. The maximum absolute atomic E-state index is 13.2. The number of hydrogen-bond donors (Lipinski definition) is 3. The third-order valence-electron chi connectivity index (χ3n) is 11.6. The minimum Gasteiger partial charge on any atom is -0.467 e. The lowest BCUT2D eigenvalue weighted by molar-refractivity contribution is -0.137. The van der Waals surface area contributed by atoms with E-state index >= 15 is 0 Å². The van der Waals surface area contributed by atoms with Crippen LogP contribution in [0.5, 0.6) is 0 Å². The van der Waals surface area contributed by atoms with Crippen molar-refractivity contribution < 1.29 is 56.8 Å². The first-order valence-electron chi connectivity index (χ1n) is 23.0. The lowest BCUT2D eigenvalue weighted by Gasteiger charge is -2.36. The number of benzene rings is 2. The van der Waals surface area contributed by atoms with Crippen molar-refractivity contribution in [3.63, 3.8) is 0 Å². The van der Waals surface area contributed by atoms with E-state index in [0.717, 1.165) is 27.5 Å². The molecule has 0 saturated carbocycles. The molecule has 22 nitrogen and oxygen atoms in total. The second-order valence-corrected chi connectivity index (χ2v) is 16.1. The van der Waals surface area contributed by atoms with Gasteiger partial charge in [0, 0.05) is 62.3 Å². The number of fused-ring (bicyclic) bond motifs is 2. The van der Waals surface area contributed by atoms with Crippen molar-refractivity contribution >= 4 is 52.5 Å². The number of nitrogens with zero attached hydrogens (tertiary/aromatic N) is 7. The SMILES string of the molecule is O=C1CCC(N2C(=O)c3cccc(NCCOCCOCCOCCOCCOCCOCC(=O)N4CCN(c5ccc(-c6cnc(NCc7ccco7)n7cnnc67)cc5)CC4)c3C2=O)C(=O)N1. The van der Waals surface area contributed by atoms with E-state index in [-0.39, 0.29) is 36.5 Å². The second-order valence-electron chi connectivity index (χ2n) is 16.1. The van der Waals surface area contributed by atoms with Crippen LogP contribution < -0.4 is 20.9 Å². The monoisotopic (exact) mass is 952 g/mol. The number of carbonyl (C=O) groups is 5. The summed E-state index contributed by atoms with van der Waals surface area (Å²) in [6, 6.07) is 15.9. The minimum atomic E-state index is -1.02. The summed E-state index contributed by atoms with van der Waals surface area (Å²) in [5.74, 6) is -0.820. The Morgan fingerprint density at radius 2 is 1.42 bits per heavy atom. The molecule has 69 heavy (non-hydrogen) atoms. The van der Waals surface area contributed by atoms with Crippen LogP contribution in [0.3, 0.4) is 0 Å². The van der Waals surface area contributed by atoms with Gasteiger partial charge in [0.1, 0.15) is 24.7 Å². The Bertz CT molecular complexity index is 2510. The van der Waals surface area contributed by atoms with Crippen LogP contribution >= 0.6 is 0 Å². The summed E-state index contributed by atoms with van der Waals surface area (Å²) in [6.45, 7) is 7.63. The van der Waals surface area contributed by atoms with Gasteiger partial charge in [0.05, 0.1) is 96.6 Å². The first-order valence-corrected chi connectivity index (χ1v) is 23.0. The Morgan fingerprint density at radius 1 is 0.739 bits per heavy atom. The summed E-state index contributed by atoms with van der Waals surface area (Å²) >= 11 is 0. The Hall–Kier alpha value is -6.82. The van der Waals surface area contributed by atoms with Gasteiger partial charge in [-0.2, -0.15) is 0 Å². The Kier molecular flexibility index (Phi) is 17.2. The highest BCUT2D eigenvalue weighted by Gasteiger charge is 2.45. The molecule has 2 fully saturated rings. The average molecular weight is 953 g/mol. The number of ether oxygens (including phenoxy) is 6. The van der Waals surface area contributed by atoms with Crippen LogP contribution in [0.4, 0.5) is 17.3 Å². The number of rotatable bonds is 27. The Balaban J connectivity index is 0.592. The predicted molar refractivity (Wildman–Crippen MR) is 248 cm³/mol. The number of carbonyl (C=O) groups excluding carboxylic acids is 5. The molecule has 0 bridgehead atoms. The summed E-state index contributed by atoms with van der Waals surface area (Å²) in [5, 5.41) is 17.1. The summed E-state index contributed by atoms with van der Waals surface area (Å²) in [6.07, 6.45) is 5.22. The molecule has 0 spiro atoms. The largest absolute Gasteiger partial charge is 0.467 e. The number of piperidine rings is 1. The van der Waals surface area contributed by atoms with E-state index in [9.17, 15) is 24.0 Å². The van der Waals surface area contributed by atoms with Crippen molar-refractivity contribution in [1.29, 1.82) is 0 Å². The lowest BCUT2D eigenvalue weighted by atomic mass is 10.0. The molecule has 5 aromatic rings. The molecule has 8 rings (SSSR count). The smallest absolute Gasteiger partial charge is 0.264 e. The van der Waals surface area contributed by atoms with Gasteiger partial charge in [0.2, 0.25) is 23.7 Å². The van der Waals surface area contributed by atoms with Crippen molar-refractivity contribution in [2.75, 3.05) is 128 Å². The van der Waals surface area contributed by atoms with Crippen molar-refractivity contribution in [2.24, 2.45) is 0 Å². The fourth-order valence-electron chi connectivity index (χ4n) is 8.07. The summed E-state index contributed by atoms with van der Waals surface area (Å²) in [5.41, 5.74) is 4.49. The molecule has 1 unspecified atom stereocenters. The van der Waals surface area contributed by atoms with Crippen LogP contribution in [0, 0.1) is 0 Å². The van der Waals surface area contributed by atoms with Gasteiger partial charge in [0.25, 0.3) is 11.8 Å². The van der Waals surface area contributed by atoms with Gasteiger partial charge in [-0.15, -0.1) is 10.2 Å². The molecule has 3 aromatic heterocycles. The maximum Gasteiger partial charge on any atom is 0.264 e. The van der Waals surface area contributed by atoms with Gasteiger partial charge in [0.15, 0.2) is 5.65 Å². The zero-order chi connectivity index (χ0) is 47.8. The Labute approximate surface area is 397 Å². The highest BCUT2D eigenvalue weighted by Crippen LogP contribution is 2.32. The number of imide groups is 2. The summed E-state index contributed by atoms with van der Waals surface area (Å²) in [7, 11) is 0. The summed E-state index contributed by atoms with van der Waals surface area (Å²) < 4.78 is 40.6. The molecular formula is C47H56N10O12. The number of amides is 5. The number of piperazine rings is 1. The number of aromatic nitrogens is 4. The topological polar surface area (TPSA) is 243 Å². The number of hydrogen-bond acceptors (Lipinski definition) is 18. The molecule has 3 aliphatic rings. The molecule has 0 radical (unpaired) electrons. The molecular weight excluding hydrogens is 897 g/mol. The number of anilines is 3. The van der Waals surface area contributed by atoms with Crippen molar-refractivity contribution in [3.05, 3.63) is 90.3 Å². The first kappa shape index (κ1) is 48.6. The van der Waals surface area contributed by atoms with Gasteiger partial charge < -0.3 is 53.3 Å². The van der Waals surface area contributed by atoms with Crippen molar-refractivity contribution in [3.8, 4) is 11.1 Å². The van der Waals surface area contributed by atoms with Crippen LogP contribution in [0.15, 0.2) is 77.8 Å². The van der Waals surface area contributed by atoms with Gasteiger partial charge in [-0.1, -0.05) is 18.2 Å². The zero-order valence-corrected chi connectivity index (χ0v) is 38.2. The molecule has 6 heterocycles. The van der Waals surface area contributed by atoms with E-state index in [1.54, 1.807) is 37.0 Å². The van der Waals surface area contributed by atoms with E-state index in [1.165, 1.54) is 0 Å². The van der Waals surface area contributed by atoms with Crippen LogP contribution in [0.25, 0.3) is 16.8 Å².